The third-order valence-corrected chi connectivity index (χ3v) is 6.68. The standard InChI is InChI=1S/C23H44N4O5/c1-3-4-5-6-7-8-9-10-11-12-13-14-15-27-16-17(24-25-27)26(2)18-19(28)21(30)23(32)22(31)20(18)29/h16,18-23,28-32H,3-15H2,1-2H3. The van der Waals surface area contributed by atoms with Crippen molar-refractivity contribution in [3.05, 3.63) is 6.20 Å². The predicted molar refractivity (Wildman–Crippen MR) is 123 cm³/mol. The number of aryl methyl sites for hydroxylation is 1. The van der Waals surface area contributed by atoms with Crippen LogP contribution in [0.15, 0.2) is 6.20 Å². The van der Waals surface area contributed by atoms with Crippen molar-refractivity contribution >= 4 is 5.82 Å². The van der Waals surface area contributed by atoms with Crippen molar-refractivity contribution in [1.82, 2.24) is 15.0 Å². The van der Waals surface area contributed by atoms with Crippen molar-refractivity contribution in [3.63, 3.8) is 0 Å². The van der Waals surface area contributed by atoms with Crippen molar-refractivity contribution in [2.24, 2.45) is 0 Å². The van der Waals surface area contributed by atoms with Gasteiger partial charge in [-0.25, -0.2) is 0 Å². The monoisotopic (exact) mass is 456 g/mol. The first-order valence-corrected chi connectivity index (χ1v) is 12.4. The molecule has 0 amide bonds. The number of unbranched alkanes of at least 4 members (excludes halogenated alkanes) is 11. The lowest BCUT2D eigenvalue weighted by molar-refractivity contribution is -0.185. The number of hydrogen-bond acceptors (Lipinski definition) is 8. The summed E-state index contributed by atoms with van der Waals surface area (Å²) in [6, 6.07) is -1.01. The lowest BCUT2D eigenvalue weighted by atomic mass is 9.82. The number of nitrogens with zero attached hydrogens (tertiary/aromatic N) is 4. The number of likely N-dealkylation sites (N-methyl/N-ethyl adjacent to an activating group) is 1. The topological polar surface area (TPSA) is 135 Å². The summed E-state index contributed by atoms with van der Waals surface area (Å²) in [5.74, 6) is 0.419. The molecule has 1 aliphatic carbocycles. The van der Waals surface area contributed by atoms with Crippen LogP contribution < -0.4 is 4.90 Å². The SMILES string of the molecule is CCCCCCCCCCCCCCn1cc(N(C)C2C(O)C(O)C(O)C(O)C2O)nn1. The Morgan fingerprint density at radius 1 is 0.719 bits per heavy atom. The van der Waals surface area contributed by atoms with E-state index in [9.17, 15) is 25.5 Å². The molecule has 0 radical (unpaired) electrons. The van der Waals surface area contributed by atoms with Crippen LogP contribution in [0.5, 0.6) is 0 Å². The predicted octanol–water partition coefficient (Wildman–Crippen LogP) is 1.60. The van der Waals surface area contributed by atoms with Gasteiger partial charge >= 0.3 is 0 Å². The van der Waals surface area contributed by atoms with Crippen LogP contribution in [0.4, 0.5) is 5.82 Å². The molecule has 1 saturated carbocycles. The Kier molecular flexibility index (Phi) is 11.9. The molecule has 4 unspecified atom stereocenters. The van der Waals surface area contributed by atoms with Crippen LogP contribution in [0, 0.1) is 0 Å². The first-order valence-electron chi connectivity index (χ1n) is 12.4. The normalized spacial score (nSPS) is 28.2. The van der Waals surface area contributed by atoms with E-state index in [1.165, 1.54) is 69.1 Å². The minimum atomic E-state index is -1.61. The smallest absolute Gasteiger partial charge is 0.171 e. The van der Waals surface area contributed by atoms with Gasteiger partial charge in [-0.3, -0.25) is 4.68 Å². The molecule has 0 aliphatic heterocycles. The first-order chi connectivity index (χ1) is 15.4. The molecule has 1 fully saturated rings. The van der Waals surface area contributed by atoms with Crippen LogP contribution in [0.1, 0.15) is 84.0 Å². The molecule has 9 nitrogen and oxygen atoms in total. The summed E-state index contributed by atoms with van der Waals surface area (Å²) in [6.45, 7) is 2.98. The van der Waals surface area contributed by atoms with Gasteiger partial charge in [-0.15, -0.1) is 5.10 Å². The minimum absolute atomic E-state index is 0.419. The largest absolute Gasteiger partial charge is 0.388 e. The van der Waals surface area contributed by atoms with Gasteiger partial charge < -0.3 is 30.4 Å². The Balaban J connectivity index is 1.64. The van der Waals surface area contributed by atoms with Crippen LogP contribution in [0.2, 0.25) is 0 Å². The Hall–Kier alpha value is -1.26. The fraction of sp³-hybridized carbons (Fsp3) is 0.913. The number of aromatic nitrogens is 3. The van der Waals surface area contributed by atoms with Crippen molar-refractivity contribution in [1.29, 1.82) is 0 Å². The van der Waals surface area contributed by atoms with Crippen molar-refractivity contribution in [2.45, 2.75) is 127 Å². The van der Waals surface area contributed by atoms with E-state index in [4.69, 9.17) is 0 Å². The number of aliphatic hydroxyl groups is 5. The van der Waals surface area contributed by atoms with Gasteiger partial charge in [-0.2, -0.15) is 0 Å². The molecule has 1 heterocycles. The summed E-state index contributed by atoms with van der Waals surface area (Å²) < 4.78 is 1.73. The highest BCUT2D eigenvalue weighted by atomic mass is 16.4. The van der Waals surface area contributed by atoms with Gasteiger partial charge in [0, 0.05) is 13.6 Å². The highest BCUT2D eigenvalue weighted by Crippen LogP contribution is 2.27. The molecule has 4 atom stereocenters. The molecule has 5 N–H and O–H groups in total. The Morgan fingerprint density at radius 2 is 1.16 bits per heavy atom. The van der Waals surface area contributed by atoms with Crippen LogP contribution in [0.25, 0.3) is 0 Å². The Labute approximate surface area is 192 Å². The van der Waals surface area contributed by atoms with Crippen LogP contribution in [0.3, 0.4) is 0 Å². The molecule has 1 aromatic rings. The van der Waals surface area contributed by atoms with Crippen molar-refractivity contribution in [3.8, 4) is 0 Å². The second-order valence-electron chi connectivity index (χ2n) is 9.28. The number of aliphatic hydroxyl groups excluding tert-OH is 5. The number of rotatable bonds is 15. The fourth-order valence-corrected chi connectivity index (χ4v) is 4.50. The zero-order valence-corrected chi connectivity index (χ0v) is 19.8. The molecule has 0 aromatic carbocycles. The summed E-state index contributed by atoms with van der Waals surface area (Å²) in [6.07, 6.45) is 9.57. The lowest BCUT2D eigenvalue weighted by Crippen LogP contribution is -2.68. The quantitative estimate of drug-likeness (QED) is 0.251. The summed E-state index contributed by atoms with van der Waals surface area (Å²) in [4.78, 5) is 1.49. The van der Waals surface area contributed by atoms with E-state index < -0.39 is 36.6 Å². The molecule has 1 aliphatic rings. The van der Waals surface area contributed by atoms with Crippen LogP contribution in [-0.4, -0.2) is 84.1 Å². The molecule has 0 saturated heterocycles. The van der Waals surface area contributed by atoms with Gasteiger partial charge in [0.05, 0.1) is 12.2 Å². The Bertz CT molecular complexity index is 615. The van der Waals surface area contributed by atoms with E-state index in [1.807, 2.05) is 0 Å². The summed E-state index contributed by atoms with van der Waals surface area (Å²) >= 11 is 0. The average molecular weight is 457 g/mol. The van der Waals surface area contributed by atoms with Gasteiger partial charge in [0.1, 0.15) is 30.5 Å². The van der Waals surface area contributed by atoms with Crippen molar-refractivity contribution < 1.29 is 25.5 Å². The summed E-state index contributed by atoms with van der Waals surface area (Å²) in [5.41, 5.74) is 0. The molecule has 32 heavy (non-hydrogen) atoms. The van der Waals surface area contributed by atoms with Crippen LogP contribution in [-0.2, 0) is 6.54 Å². The molecule has 2 rings (SSSR count). The average Bonchev–Trinajstić information content (AvgIpc) is 3.26. The number of anilines is 1. The molecule has 9 heteroatoms. The zero-order valence-electron chi connectivity index (χ0n) is 19.8. The minimum Gasteiger partial charge on any atom is -0.388 e. The van der Waals surface area contributed by atoms with E-state index in [1.54, 1.807) is 17.9 Å². The highest BCUT2D eigenvalue weighted by molar-refractivity contribution is 5.37. The second-order valence-corrected chi connectivity index (χ2v) is 9.28. The molecular formula is C23H44N4O5. The zero-order chi connectivity index (χ0) is 23.5. The van der Waals surface area contributed by atoms with Gasteiger partial charge in [0.15, 0.2) is 5.82 Å². The Morgan fingerprint density at radius 3 is 1.66 bits per heavy atom. The second kappa shape index (κ2) is 14.1. The first kappa shape index (κ1) is 27.0. The van der Waals surface area contributed by atoms with E-state index in [0.717, 1.165) is 19.4 Å². The molecule has 186 valence electrons. The van der Waals surface area contributed by atoms with Crippen molar-refractivity contribution in [2.75, 3.05) is 11.9 Å². The highest BCUT2D eigenvalue weighted by Gasteiger charge is 2.50. The van der Waals surface area contributed by atoms with Gasteiger partial charge in [-0.1, -0.05) is 82.8 Å². The third kappa shape index (κ3) is 7.66. The van der Waals surface area contributed by atoms with Crippen LogP contribution >= 0.6 is 0 Å². The van der Waals surface area contributed by atoms with E-state index in [0.29, 0.717) is 5.82 Å². The lowest BCUT2D eigenvalue weighted by Gasteiger charge is -2.45. The fourth-order valence-electron chi connectivity index (χ4n) is 4.50. The maximum Gasteiger partial charge on any atom is 0.171 e. The van der Waals surface area contributed by atoms with Gasteiger partial charge in [0.25, 0.3) is 0 Å². The molecule has 1 aromatic heterocycles. The third-order valence-electron chi connectivity index (χ3n) is 6.68. The van der Waals surface area contributed by atoms with Gasteiger partial charge in [-0.05, 0) is 6.42 Å². The molecule has 0 bridgehead atoms. The summed E-state index contributed by atoms with van der Waals surface area (Å²) in [7, 11) is 1.60. The number of hydrogen-bond donors (Lipinski definition) is 5. The maximum absolute atomic E-state index is 10.3. The molecule has 0 spiro atoms. The van der Waals surface area contributed by atoms with E-state index in [2.05, 4.69) is 17.2 Å². The maximum atomic E-state index is 10.3. The van der Waals surface area contributed by atoms with Gasteiger partial charge in [0.2, 0.25) is 0 Å². The van der Waals surface area contributed by atoms with E-state index in [-0.39, 0.29) is 0 Å². The van der Waals surface area contributed by atoms with E-state index >= 15 is 0 Å². The summed E-state index contributed by atoms with van der Waals surface area (Å²) in [5, 5.41) is 58.4. The molecular weight excluding hydrogens is 412 g/mol.